The smallest absolute Gasteiger partial charge is 0.308 e. The largest absolute Gasteiger partial charge is 0.420 e. The number of hydrogen-bond donors (Lipinski definition) is 1. The molecular weight excluding hydrogens is 392 g/mol. The molecule has 1 unspecified atom stereocenters. The number of H-pyrrole nitrogens is 1. The van der Waals surface area contributed by atoms with E-state index < -0.39 is 17.9 Å². The van der Waals surface area contributed by atoms with Crippen molar-refractivity contribution in [1.82, 2.24) is 9.88 Å². The van der Waals surface area contributed by atoms with Crippen LogP contribution in [0, 0.1) is 6.92 Å². The van der Waals surface area contributed by atoms with E-state index in [0.717, 1.165) is 27.6 Å². The molecule has 1 amide bonds. The lowest BCUT2D eigenvalue weighted by Crippen LogP contribution is -2.33. The number of ether oxygens (including phenoxy) is 1. The van der Waals surface area contributed by atoms with Crippen molar-refractivity contribution in [3.05, 3.63) is 82.8 Å². The highest BCUT2D eigenvalue weighted by atomic mass is 16.5. The Balaban J connectivity index is 1.72. The maximum atomic E-state index is 13.3. The number of aromatic nitrogens is 1. The highest BCUT2D eigenvalue weighted by Crippen LogP contribution is 2.39. The monoisotopic (exact) mass is 416 g/mol. The number of nitrogens with one attached hydrogen (secondary N) is 1. The zero-order valence-electron chi connectivity index (χ0n) is 17.8. The lowest BCUT2D eigenvalue weighted by atomic mass is 9.96. The average molecular weight is 416 g/mol. The number of ketones is 1. The van der Waals surface area contributed by atoms with Gasteiger partial charge in [0.05, 0.1) is 11.6 Å². The van der Waals surface area contributed by atoms with Crippen LogP contribution in [0.1, 0.15) is 36.6 Å². The van der Waals surface area contributed by atoms with E-state index >= 15 is 0 Å². The van der Waals surface area contributed by atoms with Gasteiger partial charge in [0, 0.05) is 30.6 Å². The van der Waals surface area contributed by atoms with Crippen molar-refractivity contribution in [1.29, 1.82) is 0 Å². The minimum absolute atomic E-state index is 0.162. The normalized spacial score (nSPS) is 16.3. The molecule has 1 aromatic heterocycles. The molecule has 0 radical (unpaired) electrons. The second kappa shape index (κ2) is 8.22. The highest BCUT2D eigenvalue weighted by Gasteiger charge is 2.43. The Hall–Kier alpha value is -3.67. The molecule has 3 aromatic rings. The summed E-state index contributed by atoms with van der Waals surface area (Å²) in [5.41, 5.74) is 4.22. The van der Waals surface area contributed by atoms with Gasteiger partial charge in [-0.15, -0.1) is 0 Å². The molecule has 31 heavy (non-hydrogen) atoms. The number of fused-ring (bicyclic) bond motifs is 1. The minimum Gasteiger partial charge on any atom is -0.420 e. The van der Waals surface area contributed by atoms with Gasteiger partial charge < -0.3 is 14.6 Å². The average Bonchev–Trinajstić information content (AvgIpc) is 3.26. The number of rotatable bonds is 6. The van der Waals surface area contributed by atoms with Crippen molar-refractivity contribution in [2.45, 2.75) is 33.2 Å². The molecule has 0 bridgehead atoms. The van der Waals surface area contributed by atoms with Crippen LogP contribution < -0.4 is 0 Å². The number of esters is 1. The van der Waals surface area contributed by atoms with Crippen molar-refractivity contribution in [2.75, 3.05) is 6.54 Å². The van der Waals surface area contributed by atoms with Crippen molar-refractivity contribution in [3.8, 4) is 0 Å². The molecule has 0 aliphatic carbocycles. The number of carbonyl (C=O) groups is 3. The molecule has 6 nitrogen and oxygen atoms in total. The third-order valence-corrected chi connectivity index (χ3v) is 5.60. The Bertz CT molecular complexity index is 1200. The van der Waals surface area contributed by atoms with E-state index in [9.17, 15) is 14.4 Å². The van der Waals surface area contributed by atoms with E-state index in [2.05, 4.69) is 4.98 Å². The van der Waals surface area contributed by atoms with Crippen molar-refractivity contribution >= 4 is 28.6 Å². The minimum atomic E-state index is -0.622. The summed E-state index contributed by atoms with van der Waals surface area (Å²) in [7, 11) is 0. The first-order valence-electron chi connectivity index (χ1n) is 10.2. The summed E-state index contributed by atoms with van der Waals surface area (Å²) in [6, 6.07) is 15.1. The number of hydrogen-bond acceptors (Lipinski definition) is 4. The number of aryl methyl sites for hydroxylation is 1. The molecule has 158 valence electrons. The van der Waals surface area contributed by atoms with Crippen LogP contribution in [0.5, 0.6) is 0 Å². The van der Waals surface area contributed by atoms with Crippen LogP contribution in [-0.4, -0.2) is 34.1 Å². The number of amides is 1. The van der Waals surface area contributed by atoms with E-state index in [4.69, 9.17) is 4.74 Å². The summed E-state index contributed by atoms with van der Waals surface area (Å²) >= 11 is 0. The van der Waals surface area contributed by atoms with Gasteiger partial charge in [-0.2, -0.15) is 0 Å². The lowest BCUT2D eigenvalue weighted by Gasteiger charge is -2.26. The Morgan fingerprint density at radius 1 is 1.06 bits per heavy atom. The van der Waals surface area contributed by atoms with Gasteiger partial charge in [-0.25, -0.2) is 0 Å². The van der Waals surface area contributed by atoms with Gasteiger partial charge in [-0.05, 0) is 37.5 Å². The maximum absolute atomic E-state index is 13.3. The Kier molecular flexibility index (Phi) is 5.46. The van der Waals surface area contributed by atoms with Crippen LogP contribution in [0.4, 0.5) is 0 Å². The molecule has 1 atom stereocenters. The van der Waals surface area contributed by atoms with E-state index in [0.29, 0.717) is 13.0 Å². The van der Waals surface area contributed by atoms with Gasteiger partial charge in [-0.1, -0.05) is 48.0 Å². The topological polar surface area (TPSA) is 79.5 Å². The van der Waals surface area contributed by atoms with E-state index in [1.54, 1.807) is 4.90 Å². The number of benzene rings is 2. The van der Waals surface area contributed by atoms with E-state index in [-0.39, 0.29) is 17.1 Å². The summed E-state index contributed by atoms with van der Waals surface area (Å²) in [6.07, 6.45) is 2.54. The zero-order valence-corrected chi connectivity index (χ0v) is 17.8. The molecule has 2 aromatic carbocycles. The predicted molar refractivity (Wildman–Crippen MR) is 117 cm³/mol. The molecule has 4 rings (SSSR count). The summed E-state index contributed by atoms with van der Waals surface area (Å²) in [5, 5.41) is 1.10. The quantitative estimate of drug-likeness (QED) is 0.616. The molecule has 0 fully saturated rings. The standard InChI is InChI=1S/C25H24N2O4/c1-15-8-10-18(11-9-15)23-22(16(2)28)24(31-17(3)29)25(30)27(23)13-12-19-14-26-21-7-5-4-6-20(19)21/h4-11,14,23,26H,12-13H2,1-3H3. The van der Waals surface area contributed by atoms with Crippen LogP contribution in [-0.2, 0) is 25.5 Å². The molecule has 1 N–H and O–H groups in total. The van der Waals surface area contributed by atoms with Crippen LogP contribution in [0.25, 0.3) is 10.9 Å². The summed E-state index contributed by atoms with van der Waals surface area (Å²) in [6.45, 7) is 4.98. The number of nitrogens with zero attached hydrogens (tertiary/aromatic N) is 1. The number of para-hydroxylation sites is 1. The second-order valence-corrected chi connectivity index (χ2v) is 7.81. The summed E-state index contributed by atoms with van der Waals surface area (Å²) < 4.78 is 5.23. The molecule has 0 spiro atoms. The van der Waals surface area contributed by atoms with Crippen LogP contribution in [0.3, 0.4) is 0 Å². The third-order valence-electron chi connectivity index (χ3n) is 5.60. The highest BCUT2D eigenvalue weighted by molar-refractivity contribution is 6.09. The predicted octanol–water partition coefficient (Wildman–Crippen LogP) is 4.01. The maximum Gasteiger partial charge on any atom is 0.308 e. The first kappa shape index (κ1) is 20.6. The summed E-state index contributed by atoms with van der Waals surface area (Å²) in [4.78, 5) is 42.3. The van der Waals surface area contributed by atoms with Crippen LogP contribution >= 0.6 is 0 Å². The molecular formula is C25H24N2O4. The Labute approximate surface area is 180 Å². The number of aromatic amines is 1. The van der Waals surface area contributed by atoms with Crippen molar-refractivity contribution < 1.29 is 19.1 Å². The summed E-state index contributed by atoms with van der Waals surface area (Å²) in [5.74, 6) is -1.51. The Morgan fingerprint density at radius 2 is 1.77 bits per heavy atom. The number of Topliss-reactive ketones (excluding diaryl/α,β-unsaturated/α-hetero) is 1. The zero-order chi connectivity index (χ0) is 22.1. The third kappa shape index (κ3) is 3.89. The van der Waals surface area contributed by atoms with Gasteiger partial charge in [0.25, 0.3) is 5.91 Å². The molecule has 0 saturated heterocycles. The van der Waals surface area contributed by atoms with Gasteiger partial charge in [0.15, 0.2) is 5.78 Å². The lowest BCUT2D eigenvalue weighted by molar-refractivity contribution is -0.142. The van der Waals surface area contributed by atoms with Crippen LogP contribution in [0.2, 0.25) is 0 Å². The molecule has 0 saturated carbocycles. The fraction of sp³-hybridized carbons (Fsp3) is 0.240. The first-order valence-corrected chi connectivity index (χ1v) is 10.2. The molecule has 6 heteroatoms. The van der Waals surface area contributed by atoms with Crippen molar-refractivity contribution in [2.24, 2.45) is 0 Å². The Morgan fingerprint density at radius 3 is 2.45 bits per heavy atom. The fourth-order valence-electron chi connectivity index (χ4n) is 4.14. The molecule has 2 heterocycles. The van der Waals surface area contributed by atoms with Crippen molar-refractivity contribution in [3.63, 3.8) is 0 Å². The van der Waals surface area contributed by atoms with Crippen LogP contribution in [0.15, 0.2) is 66.1 Å². The van der Waals surface area contributed by atoms with Gasteiger partial charge in [0.2, 0.25) is 5.76 Å². The van der Waals surface area contributed by atoms with E-state index in [1.165, 1.54) is 13.8 Å². The fourth-order valence-corrected chi connectivity index (χ4v) is 4.14. The van der Waals surface area contributed by atoms with E-state index in [1.807, 2.05) is 61.7 Å². The van der Waals surface area contributed by atoms with Gasteiger partial charge in [-0.3, -0.25) is 14.4 Å². The molecule has 1 aliphatic heterocycles. The second-order valence-electron chi connectivity index (χ2n) is 7.81. The van der Waals surface area contributed by atoms with Gasteiger partial charge >= 0.3 is 5.97 Å². The molecule has 1 aliphatic rings. The SMILES string of the molecule is CC(=O)OC1=C(C(C)=O)C(c2ccc(C)cc2)N(CCc2c[nH]c3ccccc23)C1=O. The number of carbonyl (C=O) groups excluding carboxylic acids is 3. The first-order chi connectivity index (χ1) is 14.9. The van der Waals surface area contributed by atoms with Gasteiger partial charge in [0.1, 0.15) is 0 Å².